The lowest BCUT2D eigenvalue weighted by Gasteiger charge is -2.30. The summed E-state index contributed by atoms with van der Waals surface area (Å²) >= 11 is 0. The Morgan fingerprint density at radius 1 is 1.37 bits per heavy atom. The van der Waals surface area contributed by atoms with Gasteiger partial charge in [0.25, 0.3) is 0 Å². The van der Waals surface area contributed by atoms with Crippen LogP contribution in [0.5, 0.6) is 0 Å². The number of H-pyrrole nitrogens is 1. The standard InChI is InChI=1S/C15H24N4/c1-11(2)15(9-16)19(3)7-6-12-4-5-13-14(8-12)18-10-17-13/h4-5,8,10-11,15H,6-7,9,16H2,1-3H3,(H,17,18). The molecular weight excluding hydrogens is 236 g/mol. The SMILES string of the molecule is CC(C)C(CN)N(C)CCc1ccc2nc[nH]c2c1. The van der Waals surface area contributed by atoms with Crippen LogP contribution in [0, 0.1) is 5.92 Å². The Balaban J connectivity index is 1.97. The van der Waals surface area contributed by atoms with Crippen molar-refractivity contribution in [2.24, 2.45) is 11.7 Å². The minimum absolute atomic E-state index is 0.455. The fourth-order valence-corrected chi connectivity index (χ4v) is 2.57. The summed E-state index contributed by atoms with van der Waals surface area (Å²) in [4.78, 5) is 9.76. The highest BCUT2D eigenvalue weighted by Gasteiger charge is 2.16. The summed E-state index contributed by atoms with van der Waals surface area (Å²) in [5.41, 5.74) is 9.32. The number of hydrogen-bond acceptors (Lipinski definition) is 3. The maximum atomic E-state index is 5.85. The topological polar surface area (TPSA) is 57.9 Å². The van der Waals surface area contributed by atoms with Crippen molar-refractivity contribution in [3.63, 3.8) is 0 Å². The molecule has 0 saturated carbocycles. The molecule has 1 aromatic heterocycles. The third-order valence-electron chi connectivity index (χ3n) is 3.82. The first-order chi connectivity index (χ1) is 9.11. The van der Waals surface area contributed by atoms with Gasteiger partial charge in [-0.2, -0.15) is 0 Å². The van der Waals surface area contributed by atoms with Gasteiger partial charge in [-0.05, 0) is 37.1 Å². The molecule has 2 rings (SSSR count). The number of nitrogens with one attached hydrogen (secondary N) is 1. The lowest BCUT2D eigenvalue weighted by Crippen LogP contribution is -2.42. The van der Waals surface area contributed by atoms with E-state index in [1.807, 2.05) is 0 Å². The van der Waals surface area contributed by atoms with Crippen LogP contribution in [0.25, 0.3) is 11.0 Å². The van der Waals surface area contributed by atoms with E-state index in [1.165, 1.54) is 5.56 Å². The molecular formula is C15H24N4. The molecule has 3 N–H and O–H groups in total. The van der Waals surface area contributed by atoms with Gasteiger partial charge in [0, 0.05) is 19.1 Å². The minimum Gasteiger partial charge on any atom is -0.345 e. The highest BCUT2D eigenvalue weighted by atomic mass is 15.1. The second-order valence-corrected chi connectivity index (χ2v) is 5.53. The van der Waals surface area contributed by atoms with Gasteiger partial charge in [0.05, 0.1) is 17.4 Å². The number of nitrogens with two attached hydrogens (primary N) is 1. The first kappa shape index (κ1) is 14.0. The average molecular weight is 260 g/mol. The zero-order valence-electron chi connectivity index (χ0n) is 12.1. The van der Waals surface area contributed by atoms with E-state index in [0.29, 0.717) is 18.5 Å². The van der Waals surface area contributed by atoms with Crippen molar-refractivity contribution in [2.45, 2.75) is 26.3 Å². The number of fused-ring (bicyclic) bond motifs is 1. The van der Waals surface area contributed by atoms with E-state index in [-0.39, 0.29) is 0 Å². The van der Waals surface area contributed by atoms with Crippen molar-refractivity contribution >= 4 is 11.0 Å². The number of benzene rings is 1. The highest BCUT2D eigenvalue weighted by Crippen LogP contribution is 2.13. The molecule has 4 nitrogen and oxygen atoms in total. The lowest BCUT2D eigenvalue weighted by atomic mass is 10.0. The molecule has 1 unspecified atom stereocenters. The second kappa shape index (κ2) is 6.17. The number of hydrogen-bond donors (Lipinski definition) is 2. The van der Waals surface area contributed by atoms with Crippen molar-refractivity contribution in [3.8, 4) is 0 Å². The molecule has 0 spiro atoms. The van der Waals surface area contributed by atoms with Crippen molar-refractivity contribution in [3.05, 3.63) is 30.1 Å². The van der Waals surface area contributed by atoms with Crippen LogP contribution in [0.1, 0.15) is 19.4 Å². The Labute approximate surface area is 115 Å². The smallest absolute Gasteiger partial charge is 0.0931 e. The molecule has 104 valence electrons. The molecule has 1 heterocycles. The van der Waals surface area contributed by atoms with Gasteiger partial charge in [-0.3, -0.25) is 0 Å². The highest BCUT2D eigenvalue weighted by molar-refractivity contribution is 5.75. The first-order valence-electron chi connectivity index (χ1n) is 6.94. The number of nitrogens with zero attached hydrogens (tertiary/aromatic N) is 2. The van der Waals surface area contributed by atoms with Gasteiger partial charge < -0.3 is 15.6 Å². The zero-order valence-corrected chi connectivity index (χ0v) is 12.1. The van der Waals surface area contributed by atoms with Gasteiger partial charge >= 0.3 is 0 Å². The largest absolute Gasteiger partial charge is 0.345 e. The van der Waals surface area contributed by atoms with Crippen LogP contribution in [0.3, 0.4) is 0 Å². The summed E-state index contributed by atoms with van der Waals surface area (Å²) in [6.45, 7) is 6.20. The molecule has 0 bridgehead atoms. The van der Waals surface area contributed by atoms with Gasteiger partial charge in [-0.1, -0.05) is 19.9 Å². The fourth-order valence-electron chi connectivity index (χ4n) is 2.57. The van der Waals surface area contributed by atoms with E-state index in [2.05, 4.69) is 54.0 Å². The molecule has 0 fully saturated rings. The third-order valence-corrected chi connectivity index (χ3v) is 3.82. The van der Waals surface area contributed by atoms with Crippen molar-refractivity contribution in [1.29, 1.82) is 0 Å². The van der Waals surface area contributed by atoms with E-state index >= 15 is 0 Å². The number of aromatic nitrogens is 2. The summed E-state index contributed by atoms with van der Waals surface area (Å²) in [5.74, 6) is 0.588. The number of likely N-dealkylation sites (N-methyl/N-ethyl adjacent to an activating group) is 1. The van der Waals surface area contributed by atoms with Gasteiger partial charge in [0.1, 0.15) is 0 Å². The number of aromatic amines is 1. The number of imidazole rings is 1. The predicted octanol–water partition coefficient (Wildman–Crippen LogP) is 2.02. The van der Waals surface area contributed by atoms with Crippen molar-refractivity contribution in [1.82, 2.24) is 14.9 Å². The Morgan fingerprint density at radius 2 is 2.16 bits per heavy atom. The molecule has 2 aromatic rings. The van der Waals surface area contributed by atoms with Crippen LogP contribution in [-0.2, 0) is 6.42 Å². The van der Waals surface area contributed by atoms with E-state index in [9.17, 15) is 0 Å². The lowest BCUT2D eigenvalue weighted by molar-refractivity contribution is 0.200. The Bertz CT molecular complexity index is 518. The number of rotatable bonds is 6. The molecule has 1 aromatic carbocycles. The normalized spacial score (nSPS) is 13.6. The van der Waals surface area contributed by atoms with E-state index in [4.69, 9.17) is 5.73 Å². The molecule has 19 heavy (non-hydrogen) atoms. The van der Waals surface area contributed by atoms with Gasteiger partial charge in [0.2, 0.25) is 0 Å². The second-order valence-electron chi connectivity index (χ2n) is 5.53. The monoisotopic (exact) mass is 260 g/mol. The maximum Gasteiger partial charge on any atom is 0.0931 e. The zero-order chi connectivity index (χ0) is 13.8. The summed E-state index contributed by atoms with van der Waals surface area (Å²) in [7, 11) is 2.16. The summed E-state index contributed by atoms with van der Waals surface area (Å²) in [5, 5.41) is 0. The fraction of sp³-hybridized carbons (Fsp3) is 0.533. The Hall–Kier alpha value is -1.39. The molecule has 0 radical (unpaired) electrons. The van der Waals surface area contributed by atoms with Crippen molar-refractivity contribution < 1.29 is 0 Å². The summed E-state index contributed by atoms with van der Waals surface area (Å²) < 4.78 is 0. The van der Waals surface area contributed by atoms with Gasteiger partial charge in [0.15, 0.2) is 0 Å². The molecule has 0 aliphatic carbocycles. The van der Waals surface area contributed by atoms with Crippen LogP contribution in [0.2, 0.25) is 0 Å². The molecule has 0 aliphatic heterocycles. The Kier molecular flexibility index (Phi) is 4.56. The van der Waals surface area contributed by atoms with Crippen LogP contribution in [-0.4, -0.2) is 41.0 Å². The van der Waals surface area contributed by atoms with E-state index < -0.39 is 0 Å². The van der Waals surface area contributed by atoms with Crippen LogP contribution >= 0.6 is 0 Å². The summed E-state index contributed by atoms with van der Waals surface area (Å²) in [6.07, 6.45) is 2.78. The molecule has 0 aliphatic rings. The van der Waals surface area contributed by atoms with E-state index in [1.54, 1.807) is 6.33 Å². The van der Waals surface area contributed by atoms with E-state index in [0.717, 1.165) is 24.0 Å². The van der Waals surface area contributed by atoms with Crippen LogP contribution < -0.4 is 5.73 Å². The van der Waals surface area contributed by atoms with Crippen molar-refractivity contribution in [2.75, 3.05) is 20.1 Å². The first-order valence-corrected chi connectivity index (χ1v) is 6.94. The predicted molar refractivity (Wildman–Crippen MR) is 80.1 cm³/mol. The summed E-state index contributed by atoms with van der Waals surface area (Å²) in [6, 6.07) is 6.87. The third kappa shape index (κ3) is 3.33. The Morgan fingerprint density at radius 3 is 2.84 bits per heavy atom. The van der Waals surface area contributed by atoms with Gasteiger partial charge in [-0.25, -0.2) is 4.98 Å². The average Bonchev–Trinajstić information content (AvgIpc) is 2.84. The molecule has 0 saturated heterocycles. The van der Waals surface area contributed by atoms with Gasteiger partial charge in [-0.15, -0.1) is 0 Å². The molecule has 0 amide bonds. The minimum atomic E-state index is 0.455. The maximum absolute atomic E-state index is 5.85. The van der Waals surface area contributed by atoms with Crippen LogP contribution in [0.4, 0.5) is 0 Å². The quantitative estimate of drug-likeness (QED) is 0.835. The molecule has 1 atom stereocenters. The molecule has 4 heteroatoms. The van der Waals surface area contributed by atoms with Crippen LogP contribution in [0.15, 0.2) is 24.5 Å².